The van der Waals surface area contributed by atoms with Crippen LogP contribution in [0.5, 0.6) is 5.75 Å². The van der Waals surface area contributed by atoms with Crippen LogP contribution >= 0.6 is 0 Å². The van der Waals surface area contributed by atoms with Gasteiger partial charge in [0.2, 0.25) is 0 Å². The van der Waals surface area contributed by atoms with Crippen molar-refractivity contribution in [3.05, 3.63) is 47.3 Å². The van der Waals surface area contributed by atoms with Gasteiger partial charge in [0, 0.05) is 6.54 Å². The van der Waals surface area contributed by atoms with Gasteiger partial charge in [-0.1, -0.05) is 24.3 Å². The topological polar surface area (TPSA) is 47.3 Å². The molecule has 1 unspecified atom stereocenters. The van der Waals surface area contributed by atoms with Crippen molar-refractivity contribution < 1.29 is 9.84 Å². The van der Waals surface area contributed by atoms with Crippen molar-refractivity contribution in [3.8, 4) is 5.75 Å². The SMILES string of the molecule is CCn1ncc(OC)c1C(C)(O)c1ccccc1C. The number of aromatic nitrogens is 2. The third-order valence-corrected chi connectivity index (χ3v) is 3.46. The van der Waals surface area contributed by atoms with Gasteiger partial charge in [-0.15, -0.1) is 0 Å². The van der Waals surface area contributed by atoms with Gasteiger partial charge in [-0.3, -0.25) is 4.68 Å². The molecule has 4 heteroatoms. The lowest BCUT2D eigenvalue weighted by molar-refractivity contribution is 0.0879. The molecule has 0 radical (unpaired) electrons. The van der Waals surface area contributed by atoms with E-state index >= 15 is 0 Å². The molecule has 0 aliphatic rings. The van der Waals surface area contributed by atoms with Crippen LogP contribution in [-0.2, 0) is 12.1 Å². The van der Waals surface area contributed by atoms with Crippen molar-refractivity contribution in [2.75, 3.05) is 7.11 Å². The largest absolute Gasteiger partial charge is 0.493 e. The maximum atomic E-state index is 11.0. The molecular formula is C15H20N2O2. The van der Waals surface area contributed by atoms with Crippen LogP contribution in [0.4, 0.5) is 0 Å². The van der Waals surface area contributed by atoms with E-state index in [9.17, 15) is 5.11 Å². The monoisotopic (exact) mass is 260 g/mol. The number of ether oxygens (including phenoxy) is 1. The Labute approximate surface area is 113 Å². The predicted octanol–water partition coefficient (Wildman–Crippen LogP) is 2.48. The molecule has 2 rings (SSSR count). The maximum absolute atomic E-state index is 11.0. The number of hydrogen-bond donors (Lipinski definition) is 1. The molecule has 1 heterocycles. The number of nitrogens with zero attached hydrogens (tertiary/aromatic N) is 2. The second kappa shape index (κ2) is 5.05. The fraction of sp³-hybridized carbons (Fsp3) is 0.400. The molecule has 1 aromatic heterocycles. The van der Waals surface area contributed by atoms with Gasteiger partial charge in [-0.05, 0) is 31.9 Å². The van der Waals surface area contributed by atoms with Crippen LogP contribution in [-0.4, -0.2) is 22.0 Å². The summed E-state index contributed by atoms with van der Waals surface area (Å²) in [5.74, 6) is 0.607. The summed E-state index contributed by atoms with van der Waals surface area (Å²) in [4.78, 5) is 0. The molecule has 0 bridgehead atoms. The van der Waals surface area contributed by atoms with E-state index in [1.807, 2.05) is 38.1 Å². The highest BCUT2D eigenvalue weighted by molar-refractivity contribution is 5.42. The highest BCUT2D eigenvalue weighted by atomic mass is 16.5. The normalized spacial score (nSPS) is 14.2. The Hall–Kier alpha value is -1.81. The van der Waals surface area contributed by atoms with E-state index in [0.29, 0.717) is 18.0 Å². The van der Waals surface area contributed by atoms with Crippen LogP contribution < -0.4 is 4.74 Å². The Bertz CT molecular complexity index is 552. The van der Waals surface area contributed by atoms with E-state index in [-0.39, 0.29) is 0 Å². The molecule has 1 N–H and O–H groups in total. The van der Waals surface area contributed by atoms with E-state index in [4.69, 9.17) is 4.74 Å². The molecule has 0 fully saturated rings. The Morgan fingerprint density at radius 1 is 1.37 bits per heavy atom. The Morgan fingerprint density at radius 3 is 2.63 bits per heavy atom. The summed E-state index contributed by atoms with van der Waals surface area (Å²) < 4.78 is 7.10. The van der Waals surface area contributed by atoms with E-state index in [1.54, 1.807) is 24.9 Å². The van der Waals surface area contributed by atoms with Crippen LogP contribution in [0.25, 0.3) is 0 Å². The number of hydrogen-bond acceptors (Lipinski definition) is 3. The first kappa shape index (κ1) is 13.6. The van der Waals surface area contributed by atoms with Gasteiger partial charge in [0.1, 0.15) is 11.3 Å². The number of aryl methyl sites for hydroxylation is 2. The van der Waals surface area contributed by atoms with Crippen molar-refractivity contribution in [2.45, 2.75) is 32.9 Å². The van der Waals surface area contributed by atoms with Crippen LogP contribution in [0.2, 0.25) is 0 Å². The summed E-state index contributed by atoms with van der Waals surface area (Å²) in [6.45, 7) is 6.44. The van der Waals surface area contributed by atoms with Crippen molar-refractivity contribution in [2.24, 2.45) is 0 Å². The highest BCUT2D eigenvalue weighted by Gasteiger charge is 2.34. The molecule has 1 atom stereocenters. The van der Waals surface area contributed by atoms with E-state index in [1.165, 1.54) is 0 Å². The lowest BCUT2D eigenvalue weighted by Gasteiger charge is -2.27. The van der Waals surface area contributed by atoms with Crippen molar-refractivity contribution >= 4 is 0 Å². The van der Waals surface area contributed by atoms with Gasteiger partial charge in [0.25, 0.3) is 0 Å². The smallest absolute Gasteiger partial charge is 0.163 e. The second-order valence-electron chi connectivity index (χ2n) is 4.76. The van der Waals surface area contributed by atoms with Crippen LogP contribution in [0.1, 0.15) is 30.7 Å². The quantitative estimate of drug-likeness (QED) is 0.918. The highest BCUT2D eigenvalue weighted by Crippen LogP contribution is 2.36. The summed E-state index contributed by atoms with van der Waals surface area (Å²) in [7, 11) is 1.59. The molecule has 0 saturated heterocycles. The molecule has 102 valence electrons. The van der Waals surface area contributed by atoms with Gasteiger partial charge in [0.05, 0.1) is 13.3 Å². The number of aliphatic hydroxyl groups is 1. The third kappa shape index (κ3) is 2.24. The molecule has 0 aliphatic heterocycles. The Morgan fingerprint density at radius 2 is 2.05 bits per heavy atom. The summed E-state index contributed by atoms with van der Waals surface area (Å²) >= 11 is 0. The minimum Gasteiger partial charge on any atom is -0.493 e. The number of benzene rings is 1. The van der Waals surface area contributed by atoms with Crippen LogP contribution in [0.3, 0.4) is 0 Å². The molecule has 2 aromatic rings. The molecule has 19 heavy (non-hydrogen) atoms. The Balaban J connectivity index is 2.62. The van der Waals surface area contributed by atoms with Gasteiger partial charge in [-0.2, -0.15) is 5.10 Å². The first-order valence-corrected chi connectivity index (χ1v) is 6.41. The molecule has 0 aliphatic carbocycles. The van der Waals surface area contributed by atoms with Crippen molar-refractivity contribution in [1.82, 2.24) is 9.78 Å². The van der Waals surface area contributed by atoms with E-state index in [2.05, 4.69) is 5.10 Å². The van der Waals surface area contributed by atoms with E-state index < -0.39 is 5.60 Å². The second-order valence-corrected chi connectivity index (χ2v) is 4.76. The fourth-order valence-electron chi connectivity index (χ4n) is 2.50. The van der Waals surface area contributed by atoms with Crippen LogP contribution in [0.15, 0.2) is 30.5 Å². The Kier molecular flexibility index (Phi) is 3.62. The zero-order valence-electron chi connectivity index (χ0n) is 11.8. The first-order valence-electron chi connectivity index (χ1n) is 6.41. The number of methoxy groups -OCH3 is 1. The molecule has 1 aromatic carbocycles. The minimum atomic E-state index is -1.14. The lowest BCUT2D eigenvalue weighted by atomic mass is 9.88. The third-order valence-electron chi connectivity index (χ3n) is 3.46. The average Bonchev–Trinajstić information content (AvgIpc) is 2.82. The molecular weight excluding hydrogens is 240 g/mol. The first-order chi connectivity index (χ1) is 9.02. The van der Waals surface area contributed by atoms with Crippen LogP contribution in [0, 0.1) is 6.92 Å². The van der Waals surface area contributed by atoms with Crippen molar-refractivity contribution in [1.29, 1.82) is 0 Å². The van der Waals surface area contributed by atoms with Gasteiger partial charge in [0.15, 0.2) is 5.75 Å². The molecule has 4 nitrogen and oxygen atoms in total. The zero-order chi connectivity index (χ0) is 14.0. The van der Waals surface area contributed by atoms with Crippen molar-refractivity contribution in [3.63, 3.8) is 0 Å². The lowest BCUT2D eigenvalue weighted by Crippen LogP contribution is -2.28. The predicted molar refractivity (Wildman–Crippen MR) is 74.3 cm³/mol. The maximum Gasteiger partial charge on any atom is 0.163 e. The summed E-state index contributed by atoms with van der Waals surface area (Å²) in [5.41, 5.74) is 1.46. The molecule has 0 saturated carbocycles. The van der Waals surface area contributed by atoms with Gasteiger partial charge >= 0.3 is 0 Å². The summed E-state index contributed by atoms with van der Waals surface area (Å²) in [6.07, 6.45) is 1.64. The molecule has 0 spiro atoms. The summed E-state index contributed by atoms with van der Waals surface area (Å²) in [5, 5.41) is 15.3. The number of rotatable bonds is 4. The zero-order valence-corrected chi connectivity index (χ0v) is 11.8. The minimum absolute atomic E-state index is 0.607. The summed E-state index contributed by atoms with van der Waals surface area (Å²) in [6, 6.07) is 7.81. The van der Waals surface area contributed by atoms with Gasteiger partial charge < -0.3 is 9.84 Å². The molecule has 0 amide bonds. The van der Waals surface area contributed by atoms with Gasteiger partial charge in [-0.25, -0.2) is 0 Å². The average molecular weight is 260 g/mol. The fourth-order valence-corrected chi connectivity index (χ4v) is 2.50. The van der Waals surface area contributed by atoms with E-state index in [0.717, 1.165) is 11.1 Å². The standard InChI is InChI=1S/C15H20N2O2/c1-5-17-14(13(19-4)10-16-17)15(3,18)12-9-7-6-8-11(12)2/h6-10,18H,5H2,1-4H3.